The summed E-state index contributed by atoms with van der Waals surface area (Å²) >= 11 is 11.7. The molecule has 2 rings (SSSR count). The second-order valence-electron chi connectivity index (χ2n) is 4.09. The van der Waals surface area contributed by atoms with E-state index < -0.39 is 4.92 Å². The highest BCUT2D eigenvalue weighted by molar-refractivity contribution is 6.36. The fourth-order valence-corrected chi connectivity index (χ4v) is 2.12. The molecule has 0 aromatic heterocycles. The number of ketones is 1. The molecule has 0 spiro atoms. The van der Waals surface area contributed by atoms with Gasteiger partial charge < -0.3 is 4.74 Å². The number of hydrogen-bond acceptors (Lipinski definition) is 4. The van der Waals surface area contributed by atoms with Crippen LogP contribution in [-0.4, -0.2) is 17.3 Å². The lowest BCUT2D eigenvalue weighted by molar-refractivity contribution is -0.384. The molecule has 0 aliphatic carbocycles. The van der Waals surface area contributed by atoms with Crippen molar-refractivity contribution in [3.05, 3.63) is 68.2 Å². The van der Waals surface area contributed by atoms with E-state index in [1.165, 1.54) is 36.4 Å². The quantitative estimate of drug-likeness (QED) is 0.470. The number of hydrogen-bond donors (Lipinski definition) is 0. The maximum absolute atomic E-state index is 12.0. The summed E-state index contributed by atoms with van der Waals surface area (Å²) in [5, 5.41) is 11.2. The van der Waals surface area contributed by atoms with E-state index in [9.17, 15) is 14.9 Å². The van der Waals surface area contributed by atoms with Crippen LogP contribution in [0.15, 0.2) is 42.5 Å². The smallest absolute Gasteiger partial charge is 0.269 e. The second-order valence-corrected chi connectivity index (χ2v) is 4.93. The number of non-ortho nitro benzene ring substituents is 1. The van der Waals surface area contributed by atoms with Crippen molar-refractivity contribution in [1.82, 2.24) is 0 Å². The fraction of sp³-hybridized carbons (Fsp3) is 0.0714. The number of benzene rings is 2. The van der Waals surface area contributed by atoms with Crippen molar-refractivity contribution >= 4 is 34.7 Å². The van der Waals surface area contributed by atoms with Crippen molar-refractivity contribution in [3.63, 3.8) is 0 Å². The Kier molecular flexibility index (Phi) is 4.77. The Labute approximate surface area is 130 Å². The summed E-state index contributed by atoms with van der Waals surface area (Å²) in [4.78, 5) is 22.0. The van der Waals surface area contributed by atoms with E-state index in [1.807, 2.05) is 0 Å². The van der Waals surface area contributed by atoms with Gasteiger partial charge >= 0.3 is 0 Å². The molecule has 0 heterocycles. The Morgan fingerprint density at radius 1 is 1.14 bits per heavy atom. The van der Waals surface area contributed by atoms with E-state index in [0.717, 1.165) is 0 Å². The summed E-state index contributed by atoms with van der Waals surface area (Å²) in [5.41, 5.74) is 0.261. The maximum Gasteiger partial charge on any atom is 0.269 e. The number of Topliss-reactive ketones (excluding diaryl/α,β-unsaturated/α-hetero) is 1. The van der Waals surface area contributed by atoms with Crippen LogP contribution in [0.2, 0.25) is 10.0 Å². The second kappa shape index (κ2) is 6.56. The van der Waals surface area contributed by atoms with Crippen molar-refractivity contribution in [2.75, 3.05) is 6.61 Å². The monoisotopic (exact) mass is 325 g/mol. The van der Waals surface area contributed by atoms with Crippen molar-refractivity contribution in [2.45, 2.75) is 0 Å². The molecule has 0 N–H and O–H groups in total. The minimum Gasteiger partial charge on any atom is -0.485 e. The molecule has 0 fully saturated rings. The normalized spacial score (nSPS) is 10.2. The first kappa shape index (κ1) is 15.3. The first-order valence-electron chi connectivity index (χ1n) is 5.83. The summed E-state index contributed by atoms with van der Waals surface area (Å²) in [6.45, 7) is -0.223. The van der Waals surface area contributed by atoms with Gasteiger partial charge in [0.1, 0.15) is 5.75 Å². The molecular formula is C14H9Cl2NO4. The summed E-state index contributed by atoms with van der Waals surface area (Å²) in [6.07, 6.45) is 0. The molecule has 0 atom stereocenters. The summed E-state index contributed by atoms with van der Waals surface area (Å²) in [5.74, 6) is 0.0501. The van der Waals surface area contributed by atoms with Crippen LogP contribution in [0.5, 0.6) is 5.75 Å². The van der Waals surface area contributed by atoms with Gasteiger partial charge in [-0.25, -0.2) is 0 Å². The zero-order valence-corrected chi connectivity index (χ0v) is 12.1. The van der Waals surface area contributed by atoms with Gasteiger partial charge in [-0.2, -0.15) is 0 Å². The number of nitrogens with zero attached hydrogens (tertiary/aromatic N) is 1. The average molecular weight is 326 g/mol. The van der Waals surface area contributed by atoms with Crippen LogP contribution >= 0.6 is 23.2 Å². The lowest BCUT2D eigenvalue weighted by atomic mass is 10.1. The zero-order chi connectivity index (χ0) is 15.4. The maximum atomic E-state index is 12.0. The van der Waals surface area contributed by atoms with Crippen LogP contribution in [0, 0.1) is 10.1 Å². The molecule has 108 valence electrons. The minimum atomic E-state index is -0.511. The van der Waals surface area contributed by atoms with Gasteiger partial charge in [0.25, 0.3) is 5.69 Å². The number of carbonyl (C=O) groups is 1. The molecule has 0 saturated heterocycles. The van der Waals surface area contributed by atoms with Crippen LogP contribution in [0.4, 0.5) is 5.69 Å². The molecule has 5 nitrogen and oxygen atoms in total. The van der Waals surface area contributed by atoms with Gasteiger partial charge in [-0.05, 0) is 30.3 Å². The molecule has 2 aromatic rings. The molecule has 0 unspecified atom stereocenters. The SMILES string of the molecule is O=C(COc1ccc([N+](=O)[O-])cc1)c1ccc(Cl)cc1Cl. The van der Waals surface area contributed by atoms with Crippen molar-refractivity contribution in [3.8, 4) is 5.75 Å². The first-order valence-corrected chi connectivity index (χ1v) is 6.58. The van der Waals surface area contributed by atoms with Crippen molar-refractivity contribution < 1.29 is 14.5 Å². The van der Waals surface area contributed by atoms with E-state index in [4.69, 9.17) is 27.9 Å². The van der Waals surface area contributed by atoms with Crippen molar-refractivity contribution in [1.29, 1.82) is 0 Å². The highest BCUT2D eigenvalue weighted by Gasteiger charge is 2.12. The first-order chi connectivity index (χ1) is 9.97. The third kappa shape index (κ3) is 3.93. The van der Waals surface area contributed by atoms with E-state index in [-0.39, 0.29) is 23.1 Å². The average Bonchev–Trinajstić information content (AvgIpc) is 2.45. The minimum absolute atomic E-state index is 0.0468. The number of carbonyl (C=O) groups excluding carboxylic acids is 1. The van der Waals surface area contributed by atoms with Gasteiger partial charge in [0.2, 0.25) is 5.78 Å². The molecule has 0 saturated carbocycles. The molecule has 0 aliphatic rings. The van der Waals surface area contributed by atoms with E-state index in [0.29, 0.717) is 16.3 Å². The molecular weight excluding hydrogens is 317 g/mol. The number of ether oxygens (including phenoxy) is 1. The number of rotatable bonds is 5. The molecule has 0 aliphatic heterocycles. The van der Waals surface area contributed by atoms with Gasteiger partial charge in [0.15, 0.2) is 6.61 Å². The van der Waals surface area contributed by atoms with Gasteiger partial charge in [-0.1, -0.05) is 23.2 Å². The van der Waals surface area contributed by atoms with Gasteiger partial charge in [-0.15, -0.1) is 0 Å². The topological polar surface area (TPSA) is 69.4 Å². The molecule has 21 heavy (non-hydrogen) atoms. The number of halogens is 2. The molecule has 0 bridgehead atoms. The zero-order valence-electron chi connectivity index (χ0n) is 10.6. The molecule has 7 heteroatoms. The van der Waals surface area contributed by atoms with Gasteiger partial charge in [0.05, 0.1) is 9.95 Å². The van der Waals surface area contributed by atoms with E-state index in [2.05, 4.69) is 0 Å². The molecule has 0 radical (unpaired) electrons. The third-order valence-corrected chi connectivity index (χ3v) is 3.20. The Morgan fingerprint density at radius 2 is 1.81 bits per heavy atom. The van der Waals surface area contributed by atoms with Crippen LogP contribution in [-0.2, 0) is 0 Å². The summed E-state index contributed by atoms with van der Waals surface area (Å²) in [7, 11) is 0. The highest BCUT2D eigenvalue weighted by atomic mass is 35.5. The molecule has 2 aromatic carbocycles. The number of nitro groups is 1. The Morgan fingerprint density at radius 3 is 2.38 bits per heavy atom. The third-order valence-electron chi connectivity index (χ3n) is 2.65. The van der Waals surface area contributed by atoms with Gasteiger partial charge in [0, 0.05) is 22.7 Å². The fourth-order valence-electron chi connectivity index (χ4n) is 1.61. The van der Waals surface area contributed by atoms with E-state index >= 15 is 0 Å². The van der Waals surface area contributed by atoms with E-state index in [1.54, 1.807) is 6.07 Å². The Balaban J connectivity index is 2.02. The lowest BCUT2D eigenvalue weighted by Gasteiger charge is -2.06. The highest BCUT2D eigenvalue weighted by Crippen LogP contribution is 2.22. The van der Waals surface area contributed by atoms with Gasteiger partial charge in [-0.3, -0.25) is 14.9 Å². The number of nitro benzene ring substituents is 1. The predicted molar refractivity (Wildman–Crippen MR) is 79.4 cm³/mol. The summed E-state index contributed by atoms with van der Waals surface area (Å²) in [6, 6.07) is 10.0. The van der Waals surface area contributed by atoms with Crippen molar-refractivity contribution in [2.24, 2.45) is 0 Å². The van der Waals surface area contributed by atoms with Crippen LogP contribution in [0.3, 0.4) is 0 Å². The molecule has 0 amide bonds. The van der Waals surface area contributed by atoms with Crippen LogP contribution in [0.25, 0.3) is 0 Å². The lowest BCUT2D eigenvalue weighted by Crippen LogP contribution is -2.12. The summed E-state index contributed by atoms with van der Waals surface area (Å²) < 4.78 is 5.28. The largest absolute Gasteiger partial charge is 0.485 e. The Bertz CT molecular complexity index is 686. The van der Waals surface area contributed by atoms with Crippen LogP contribution in [0.1, 0.15) is 10.4 Å². The predicted octanol–water partition coefficient (Wildman–Crippen LogP) is 4.16. The van der Waals surface area contributed by atoms with Crippen LogP contribution < -0.4 is 4.74 Å². The standard InChI is InChI=1S/C14H9Cl2NO4/c15-9-1-6-12(13(16)7-9)14(18)8-21-11-4-2-10(3-5-11)17(19)20/h1-7H,8H2. The Hall–Kier alpha value is -2.11.